The van der Waals surface area contributed by atoms with E-state index in [1.807, 2.05) is 38.1 Å². The van der Waals surface area contributed by atoms with E-state index in [2.05, 4.69) is 10.6 Å². The smallest absolute Gasteiger partial charge is 0.337 e. The number of thiocarbonyl (C=S) groups is 1. The SMILES string of the molecule is COC(=O)C1=C(C)NC(=S)N[C@@H]1c1cccc(C)c1. The zero-order valence-electron chi connectivity index (χ0n) is 11.1. The molecule has 5 heteroatoms. The van der Waals surface area contributed by atoms with Gasteiger partial charge in [0.15, 0.2) is 5.11 Å². The van der Waals surface area contributed by atoms with Gasteiger partial charge in [-0.1, -0.05) is 29.8 Å². The zero-order valence-corrected chi connectivity index (χ0v) is 11.9. The van der Waals surface area contributed by atoms with Crippen molar-refractivity contribution in [3.05, 3.63) is 46.7 Å². The van der Waals surface area contributed by atoms with Crippen LogP contribution >= 0.6 is 12.2 Å². The summed E-state index contributed by atoms with van der Waals surface area (Å²) < 4.78 is 4.86. The van der Waals surface area contributed by atoms with Crippen LogP contribution in [-0.2, 0) is 9.53 Å². The normalized spacial score (nSPS) is 18.7. The number of ether oxygens (including phenoxy) is 1. The highest BCUT2D eigenvalue weighted by molar-refractivity contribution is 7.80. The van der Waals surface area contributed by atoms with Crippen molar-refractivity contribution >= 4 is 23.3 Å². The fourth-order valence-electron chi connectivity index (χ4n) is 2.17. The second kappa shape index (κ2) is 5.40. The summed E-state index contributed by atoms with van der Waals surface area (Å²) in [6.45, 7) is 3.83. The minimum atomic E-state index is -0.355. The summed E-state index contributed by atoms with van der Waals surface area (Å²) in [6, 6.07) is 7.69. The maximum absolute atomic E-state index is 11.9. The third-order valence-corrected chi connectivity index (χ3v) is 3.27. The van der Waals surface area contributed by atoms with E-state index in [9.17, 15) is 4.79 Å². The third kappa shape index (κ3) is 2.76. The molecule has 0 radical (unpaired) electrons. The first-order chi connectivity index (χ1) is 9.02. The molecule has 2 rings (SSSR count). The van der Waals surface area contributed by atoms with E-state index in [0.717, 1.165) is 16.8 Å². The summed E-state index contributed by atoms with van der Waals surface area (Å²) in [4.78, 5) is 11.9. The number of carbonyl (C=O) groups is 1. The number of methoxy groups -OCH3 is 1. The van der Waals surface area contributed by atoms with Crippen molar-refractivity contribution in [1.29, 1.82) is 0 Å². The standard InChI is InChI=1S/C14H16N2O2S/c1-8-5-4-6-10(7-8)12-11(13(17)18-3)9(2)15-14(19)16-12/h4-7,12H,1-3H3,(H2,15,16,19)/t12-/m1/s1. The molecule has 2 N–H and O–H groups in total. The summed E-state index contributed by atoms with van der Waals surface area (Å²) in [6.07, 6.45) is 0. The molecule has 0 bridgehead atoms. The first-order valence-electron chi connectivity index (χ1n) is 5.96. The highest BCUT2D eigenvalue weighted by atomic mass is 32.1. The van der Waals surface area contributed by atoms with Crippen molar-refractivity contribution in [1.82, 2.24) is 10.6 Å². The van der Waals surface area contributed by atoms with Gasteiger partial charge in [0.05, 0.1) is 18.7 Å². The van der Waals surface area contributed by atoms with Crippen molar-refractivity contribution < 1.29 is 9.53 Å². The number of hydrogen-bond donors (Lipinski definition) is 2. The van der Waals surface area contributed by atoms with Gasteiger partial charge in [0.25, 0.3) is 0 Å². The predicted octanol–water partition coefficient (Wildman–Crippen LogP) is 1.96. The van der Waals surface area contributed by atoms with E-state index in [1.54, 1.807) is 0 Å². The molecule has 0 saturated carbocycles. The first kappa shape index (κ1) is 13.5. The molecule has 0 spiro atoms. The Morgan fingerprint density at radius 1 is 1.37 bits per heavy atom. The Labute approximate surface area is 117 Å². The maximum atomic E-state index is 11.9. The van der Waals surface area contributed by atoms with Crippen LogP contribution in [0.15, 0.2) is 35.5 Å². The number of hydrogen-bond acceptors (Lipinski definition) is 3. The molecule has 1 atom stereocenters. The Morgan fingerprint density at radius 3 is 2.74 bits per heavy atom. The number of nitrogens with one attached hydrogen (secondary N) is 2. The lowest BCUT2D eigenvalue weighted by molar-refractivity contribution is -0.136. The third-order valence-electron chi connectivity index (χ3n) is 3.05. The molecule has 1 aromatic carbocycles. The van der Waals surface area contributed by atoms with Gasteiger partial charge in [0.1, 0.15) is 0 Å². The van der Waals surface area contributed by atoms with Crippen molar-refractivity contribution in [2.75, 3.05) is 7.11 Å². The number of benzene rings is 1. The molecule has 1 heterocycles. The van der Waals surface area contributed by atoms with Crippen LogP contribution < -0.4 is 10.6 Å². The molecule has 0 unspecified atom stereocenters. The number of rotatable bonds is 2. The summed E-state index contributed by atoms with van der Waals surface area (Å²) in [5.74, 6) is -0.355. The maximum Gasteiger partial charge on any atom is 0.337 e. The molecule has 1 aliphatic heterocycles. The number of esters is 1. The van der Waals surface area contributed by atoms with Crippen LogP contribution in [0.1, 0.15) is 24.1 Å². The summed E-state index contributed by atoms with van der Waals surface area (Å²) in [7, 11) is 1.38. The van der Waals surface area contributed by atoms with E-state index in [0.29, 0.717) is 10.7 Å². The van der Waals surface area contributed by atoms with E-state index in [-0.39, 0.29) is 12.0 Å². The molecule has 100 valence electrons. The average molecular weight is 276 g/mol. The molecular formula is C14H16N2O2S. The summed E-state index contributed by atoms with van der Waals surface area (Å²) >= 11 is 5.16. The van der Waals surface area contributed by atoms with Gasteiger partial charge in [0, 0.05) is 5.70 Å². The highest BCUT2D eigenvalue weighted by Gasteiger charge is 2.30. The molecule has 1 aromatic rings. The van der Waals surface area contributed by atoms with Gasteiger partial charge in [-0.3, -0.25) is 0 Å². The lowest BCUT2D eigenvalue weighted by Crippen LogP contribution is -2.45. The molecule has 0 aromatic heterocycles. The van der Waals surface area contributed by atoms with Crippen molar-refractivity contribution in [3.63, 3.8) is 0 Å². The number of aryl methyl sites for hydroxylation is 1. The Kier molecular flexibility index (Phi) is 3.85. The number of carbonyl (C=O) groups excluding carboxylic acids is 1. The van der Waals surface area contributed by atoms with Gasteiger partial charge in [-0.05, 0) is 31.6 Å². The van der Waals surface area contributed by atoms with Crippen LogP contribution in [0.3, 0.4) is 0 Å². The van der Waals surface area contributed by atoms with Crippen molar-refractivity contribution in [2.45, 2.75) is 19.9 Å². The average Bonchev–Trinajstić information content (AvgIpc) is 2.37. The molecule has 1 aliphatic rings. The Balaban J connectivity index is 2.49. The highest BCUT2D eigenvalue weighted by Crippen LogP contribution is 2.27. The second-order valence-corrected chi connectivity index (χ2v) is 4.88. The van der Waals surface area contributed by atoms with E-state index in [1.165, 1.54) is 7.11 Å². The van der Waals surface area contributed by atoms with Gasteiger partial charge in [-0.2, -0.15) is 0 Å². The molecule has 0 aliphatic carbocycles. The summed E-state index contributed by atoms with van der Waals surface area (Å²) in [5, 5.41) is 6.59. The van der Waals surface area contributed by atoms with Gasteiger partial charge in [-0.25, -0.2) is 4.79 Å². The van der Waals surface area contributed by atoms with Gasteiger partial charge < -0.3 is 15.4 Å². The van der Waals surface area contributed by atoms with Gasteiger partial charge >= 0.3 is 5.97 Å². The lowest BCUT2D eigenvalue weighted by atomic mass is 9.95. The largest absolute Gasteiger partial charge is 0.466 e. The monoisotopic (exact) mass is 276 g/mol. The van der Waals surface area contributed by atoms with Crippen molar-refractivity contribution in [2.24, 2.45) is 0 Å². The molecule has 0 saturated heterocycles. The van der Waals surface area contributed by atoms with Crippen LogP contribution in [-0.4, -0.2) is 18.2 Å². The predicted molar refractivity (Wildman–Crippen MR) is 77.5 cm³/mol. The quantitative estimate of drug-likeness (QED) is 0.639. The zero-order chi connectivity index (χ0) is 14.0. The fourth-order valence-corrected chi connectivity index (χ4v) is 2.45. The van der Waals surface area contributed by atoms with E-state index in [4.69, 9.17) is 17.0 Å². The Hall–Kier alpha value is -1.88. The van der Waals surface area contributed by atoms with Crippen LogP contribution in [0.25, 0.3) is 0 Å². The van der Waals surface area contributed by atoms with Gasteiger partial charge in [-0.15, -0.1) is 0 Å². The Bertz CT molecular complexity index is 566. The fraction of sp³-hybridized carbons (Fsp3) is 0.286. The van der Waals surface area contributed by atoms with E-state index >= 15 is 0 Å². The second-order valence-electron chi connectivity index (χ2n) is 4.48. The van der Waals surface area contributed by atoms with Crippen LogP contribution in [0, 0.1) is 6.92 Å². The summed E-state index contributed by atoms with van der Waals surface area (Å²) in [5.41, 5.74) is 3.40. The van der Waals surface area contributed by atoms with Crippen LogP contribution in [0.4, 0.5) is 0 Å². The van der Waals surface area contributed by atoms with E-state index < -0.39 is 0 Å². The minimum absolute atomic E-state index is 0.277. The number of allylic oxidation sites excluding steroid dienone is 1. The minimum Gasteiger partial charge on any atom is -0.466 e. The molecule has 0 fully saturated rings. The molecule has 0 amide bonds. The van der Waals surface area contributed by atoms with Crippen LogP contribution in [0.2, 0.25) is 0 Å². The van der Waals surface area contributed by atoms with Crippen molar-refractivity contribution in [3.8, 4) is 0 Å². The Morgan fingerprint density at radius 2 is 2.11 bits per heavy atom. The van der Waals surface area contributed by atoms with Crippen LogP contribution in [0.5, 0.6) is 0 Å². The van der Waals surface area contributed by atoms with Gasteiger partial charge in [0.2, 0.25) is 0 Å². The topological polar surface area (TPSA) is 50.4 Å². The first-order valence-corrected chi connectivity index (χ1v) is 6.37. The lowest BCUT2D eigenvalue weighted by Gasteiger charge is -2.29. The molecular weight excluding hydrogens is 260 g/mol. The molecule has 4 nitrogen and oxygen atoms in total. The molecule has 19 heavy (non-hydrogen) atoms.